The van der Waals surface area contributed by atoms with Crippen molar-refractivity contribution in [2.75, 3.05) is 46.1 Å². The van der Waals surface area contributed by atoms with Gasteiger partial charge in [0.1, 0.15) is 0 Å². The second-order valence-electron chi connectivity index (χ2n) is 5.00. The Kier molecular flexibility index (Phi) is 6.27. The zero-order valence-electron chi connectivity index (χ0n) is 10.7. The monoisotopic (exact) mass is 243 g/mol. The number of ether oxygens (including phenoxy) is 3. The van der Waals surface area contributed by atoms with Crippen LogP contribution in [0.4, 0.5) is 0 Å². The van der Waals surface area contributed by atoms with Crippen molar-refractivity contribution >= 4 is 0 Å². The van der Waals surface area contributed by atoms with E-state index in [1.165, 1.54) is 19.3 Å². The van der Waals surface area contributed by atoms with Gasteiger partial charge in [-0.2, -0.15) is 0 Å². The van der Waals surface area contributed by atoms with Crippen molar-refractivity contribution in [3.05, 3.63) is 0 Å². The summed E-state index contributed by atoms with van der Waals surface area (Å²) in [6, 6.07) is 0. The summed E-state index contributed by atoms with van der Waals surface area (Å²) in [5.41, 5.74) is 0. The summed E-state index contributed by atoms with van der Waals surface area (Å²) in [6.07, 6.45) is 5.01. The zero-order valence-corrected chi connectivity index (χ0v) is 10.7. The Balaban J connectivity index is 1.33. The minimum Gasteiger partial charge on any atom is -0.381 e. The molecule has 1 N–H and O–H groups in total. The van der Waals surface area contributed by atoms with Gasteiger partial charge in [0.2, 0.25) is 0 Å². The van der Waals surface area contributed by atoms with E-state index in [0.29, 0.717) is 6.10 Å². The Morgan fingerprint density at radius 2 is 2.24 bits per heavy atom. The van der Waals surface area contributed by atoms with E-state index in [-0.39, 0.29) is 0 Å². The van der Waals surface area contributed by atoms with Crippen LogP contribution in [-0.2, 0) is 14.2 Å². The molecule has 0 saturated carbocycles. The van der Waals surface area contributed by atoms with Crippen LogP contribution in [0, 0.1) is 5.92 Å². The van der Waals surface area contributed by atoms with E-state index < -0.39 is 0 Å². The van der Waals surface area contributed by atoms with Gasteiger partial charge in [0.05, 0.1) is 19.3 Å². The highest BCUT2D eigenvalue weighted by Crippen LogP contribution is 2.12. The summed E-state index contributed by atoms with van der Waals surface area (Å²) in [7, 11) is 0. The molecule has 2 heterocycles. The lowest BCUT2D eigenvalue weighted by atomic mass is 10.1. The molecule has 0 aromatic carbocycles. The van der Waals surface area contributed by atoms with Crippen molar-refractivity contribution in [2.45, 2.75) is 31.8 Å². The Morgan fingerprint density at radius 3 is 3.00 bits per heavy atom. The minimum absolute atomic E-state index is 0.360. The zero-order chi connectivity index (χ0) is 11.8. The van der Waals surface area contributed by atoms with Gasteiger partial charge in [-0.3, -0.25) is 0 Å². The molecule has 0 aromatic heterocycles. The average molecular weight is 243 g/mol. The van der Waals surface area contributed by atoms with Gasteiger partial charge >= 0.3 is 0 Å². The summed E-state index contributed by atoms with van der Waals surface area (Å²) in [5.74, 6) is 0.725. The fraction of sp³-hybridized carbons (Fsp3) is 1.00. The number of hydrogen-bond acceptors (Lipinski definition) is 4. The molecule has 0 spiro atoms. The number of rotatable bonds is 8. The van der Waals surface area contributed by atoms with Gasteiger partial charge in [-0.1, -0.05) is 0 Å². The molecule has 2 unspecified atom stereocenters. The lowest BCUT2D eigenvalue weighted by Gasteiger charge is -2.11. The molecule has 2 fully saturated rings. The highest BCUT2D eigenvalue weighted by Gasteiger charge is 2.15. The van der Waals surface area contributed by atoms with Crippen molar-refractivity contribution in [2.24, 2.45) is 5.92 Å². The third-order valence-electron chi connectivity index (χ3n) is 3.43. The molecule has 0 amide bonds. The van der Waals surface area contributed by atoms with Crippen LogP contribution >= 0.6 is 0 Å². The topological polar surface area (TPSA) is 39.7 Å². The van der Waals surface area contributed by atoms with Gasteiger partial charge in [0.25, 0.3) is 0 Å². The summed E-state index contributed by atoms with van der Waals surface area (Å²) in [5, 5.41) is 3.46. The third-order valence-corrected chi connectivity index (χ3v) is 3.43. The molecule has 0 radical (unpaired) electrons. The molecular formula is C13H25NO3. The number of hydrogen-bond donors (Lipinski definition) is 1. The van der Waals surface area contributed by atoms with Crippen LogP contribution in [0.15, 0.2) is 0 Å². The second kappa shape index (κ2) is 8.03. The van der Waals surface area contributed by atoms with E-state index in [4.69, 9.17) is 14.2 Å². The Labute approximate surface area is 104 Å². The van der Waals surface area contributed by atoms with Crippen molar-refractivity contribution in [1.82, 2.24) is 5.32 Å². The van der Waals surface area contributed by atoms with Crippen molar-refractivity contribution in [1.29, 1.82) is 0 Å². The largest absolute Gasteiger partial charge is 0.381 e. The predicted octanol–water partition coefficient (Wildman–Crippen LogP) is 1.20. The van der Waals surface area contributed by atoms with Gasteiger partial charge in [0, 0.05) is 26.4 Å². The first-order valence-electron chi connectivity index (χ1n) is 6.93. The molecule has 2 saturated heterocycles. The maximum Gasteiger partial charge on any atom is 0.0809 e. The van der Waals surface area contributed by atoms with Gasteiger partial charge in [-0.05, 0) is 38.1 Å². The number of nitrogens with one attached hydrogen (secondary N) is 1. The van der Waals surface area contributed by atoms with Crippen LogP contribution in [0.5, 0.6) is 0 Å². The van der Waals surface area contributed by atoms with Crippen molar-refractivity contribution < 1.29 is 14.2 Å². The lowest BCUT2D eigenvalue weighted by molar-refractivity contribution is 0.0166. The van der Waals surface area contributed by atoms with Crippen molar-refractivity contribution in [3.8, 4) is 0 Å². The van der Waals surface area contributed by atoms with Gasteiger partial charge in [-0.25, -0.2) is 0 Å². The van der Waals surface area contributed by atoms with Crippen LogP contribution < -0.4 is 5.32 Å². The fourth-order valence-electron chi connectivity index (χ4n) is 2.34. The molecule has 2 atom stereocenters. The quantitative estimate of drug-likeness (QED) is 0.650. The van der Waals surface area contributed by atoms with E-state index in [1.807, 2.05) is 0 Å². The molecule has 2 aliphatic rings. The standard InChI is InChI=1S/C13H25NO3/c1-3-13(17-7-1)11-15-6-2-5-14-9-12-4-8-16-10-12/h12-14H,1-11H2. The van der Waals surface area contributed by atoms with Crippen LogP contribution in [-0.4, -0.2) is 52.2 Å². The molecule has 0 aromatic rings. The molecule has 2 rings (SSSR count). The van der Waals surface area contributed by atoms with E-state index in [0.717, 1.165) is 58.5 Å². The molecular weight excluding hydrogens is 218 g/mol. The smallest absolute Gasteiger partial charge is 0.0809 e. The third kappa shape index (κ3) is 5.34. The maximum atomic E-state index is 5.60. The first-order valence-corrected chi connectivity index (χ1v) is 6.93. The lowest BCUT2D eigenvalue weighted by Crippen LogP contribution is -2.25. The van der Waals surface area contributed by atoms with Crippen molar-refractivity contribution in [3.63, 3.8) is 0 Å². The van der Waals surface area contributed by atoms with Gasteiger partial charge < -0.3 is 19.5 Å². The molecule has 0 bridgehead atoms. The summed E-state index contributed by atoms with van der Waals surface area (Å²) < 4.78 is 16.4. The molecule has 4 heteroatoms. The predicted molar refractivity (Wildman–Crippen MR) is 66.2 cm³/mol. The van der Waals surface area contributed by atoms with Crippen LogP contribution in [0.25, 0.3) is 0 Å². The highest BCUT2D eigenvalue weighted by atomic mass is 16.5. The maximum absolute atomic E-state index is 5.60. The Bertz CT molecular complexity index is 169. The van der Waals surface area contributed by atoms with Crippen LogP contribution in [0.3, 0.4) is 0 Å². The Morgan fingerprint density at radius 1 is 1.24 bits per heavy atom. The fourth-order valence-corrected chi connectivity index (χ4v) is 2.34. The van der Waals surface area contributed by atoms with E-state index in [1.54, 1.807) is 0 Å². The molecule has 2 aliphatic heterocycles. The summed E-state index contributed by atoms with van der Waals surface area (Å²) >= 11 is 0. The Hall–Kier alpha value is -0.160. The summed E-state index contributed by atoms with van der Waals surface area (Å²) in [4.78, 5) is 0. The summed E-state index contributed by atoms with van der Waals surface area (Å²) in [6.45, 7) is 6.54. The first-order chi connectivity index (χ1) is 8.45. The molecule has 17 heavy (non-hydrogen) atoms. The highest BCUT2D eigenvalue weighted by molar-refractivity contribution is 4.66. The molecule has 100 valence electrons. The normalized spacial score (nSPS) is 28.9. The first kappa shape index (κ1) is 13.3. The second-order valence-corrected chi connectivity index (χ2v) is 5.00. The van der Waals surface area contributed by atoms with Crippen LogP contribution in [0.2, 0.25) is 0 Å². The van der Waals surface area contributed by atoms with E-state index in [9.17, 15) is 0 Å². The minimum atomic E-state index is 0.360. The molecule has 4 nitrogen and oxygen atoms in total. The SMILES string of the molecule is C(CNCC1CCOC1)COCC1CCCO1. The average Bonchev–Trinajstić information content (AvgIpc) is 3.00. The van der Waals surface area contributed by atoms with E-state index >= 15 is 0 Å². The van der Waals surface area contributed by atoms with Gasteiger partial charge in [0.15, 0.2) is 0 Å². The molecule has 0 aliphatic carbocycles. The van der Waals surface area contributed by atoms with Crippen LogP contribution in [0.1, 0.15) is 25.7 Å². The van der Waals surface area contributed by atoms with Gasteiger partial charge in [-0.15, -0.1) is 0 Å². The van der Waals surface area contributed by atoms with E-state index in [2.05, 4.69) is 5.32 Å².